The number of quaternary nitrogens is 2. The van der Waals surface area contributed by atoms with E-state index in [0.717, 1.165) is 60.2 Å². The number of morpholine rings is 1. The van der Waals surface area contributed by atoms with Gasteiger partial charge in [0.15, 0.2) is 13.1 Å². The van der Waals surface area contributed by atoms with Crippen LogP contribution in [0.25, 0.3) is 0 Å². The molecule has 0 aromatic heterocycles. The lowest BCUT2D eigenvalue weighted by Gasteiger charge is -2.23. The van der Waals surface area contributed by atoms with Crippen molar-refractivity contribution in [2.24, 2.45) is 0 Å². The molecule has 1 saturated heterocycles. The third-order valence-electron chi connectivity index (χ3n) is 5.70. The summed E-state index contributed by atoms with van der Waals surface area (Å²) in [7, 11) is 1.84. The van der Waals surface area contributed by atoms with Gasteiger partial charge in [-0.1, -0.05) is 24.3 Å². The standard InChI is InChI=1S/C24H32N4O3/c1-18-5-4-6-22(19(18)2)26-24(30)17-27(3)16-23(29)25-21-9-7-20(8-10-21)15-28-11-13-31-14-12-28/h4-10H,11-17H2,1-3H3,(H,25,29)(H,26,30)/p+2. The number of likely N-dealkylation sites (N-methyl/N-ethyl adjacent to an activating group) is 1. The molecule has 2 aromatic rings. The highest BCUT2D eigenvalue weighted by Gasteiger charge is 2.16. The first-order valence-electron chi connectivity index (χ1n) is 10.9. The minimum absolute atomic E-state index is 0.103. The Kier molecular flexibility index (Phi) is 8.17. The molecule has 2 amide bonds. The average Bonchev–Trinajstić information content (AvgIpc) is 2.73. The van der Waals surface area contributed by atoms with Crippen molar-refractivity contribution in [2.75, 3.05) is 57.1 Å². The fraction of sp³-hybridized carbons (Fsp3) is 0.417. The van der Waals surface area contributed by atoms with Gasteiger partial charge in [-0.2, -0.15) is 0 Å². The van der Waals surface area contributed by atoms with Crippen LogP contribution in [0.4, 0.5) is 11.4 Å². The topological polar surface area (TPSA) is 76.3 Å². The summed E-state index contributed by atoms with van der Waals surface area (Å²) in [6, 6.07) is 13.8. The Hall–Kier alpha value is -2.74. The van der Waals surface area contributed by atoms with Crippen LogP contribution in [-0.2, 0) is 20.9 Å². The molecule has 0 radical (unpaired) electrons. The highest BCUT2D eigenvalue weighted by molar-refractivity contribution is 5.93. The lowest BCUT2D eigenvalue weighted by Crippen LogP contribution is -3.12. The third kappa shape index (κ3) is 7.17. The van der Waals surface area contributed by atoms with E-state index < -0.39 is 0 Å². The fourth-order valence-electron chi connectivity index (χ4n) is 3.73. The van der Waals surface area contributed by atoms with Gasteiger partial charge in [0, 0.05) is 16.9 Å². The summed E-state index contributed by atoms with van der Waals surface area (Å²) in [5, 5.41) is 5.87. The van der Waals surface area contributed by atoms with Crippen molar-refractivity contribution in [1.82, 2.24) is 0 Å². The number of hydrogen-bond acceptors (Lipinski definition) is 3. The van der Waals surface area contributed by atoms with Crippen molar-refractivity contribution in [1.29, 1.82) is 0 Å². The van der Waals surface area contributed by atoms with Gasteiger partial charge in [0.1, 0.15) is 19.6 Å². The maximum atomic E-state index is 12.4. The molecule has 2 aromatic carbocycles. The van der Waals surface area contributed by atoms with Crippen LogP contribution in [0.3, 0.4) is 0 Å². The molecule has 4 N–H and O–H groups in total. The van der Waals surface area contributed by atoms with Gasteiger partial charge in [0.25, 0.3) is 11.8 Å². The molecular formula is C24H34N4O3+2. The Labute approximate surface area is 184 Å². The lowest BCUT2D eigenvalue weighted by molar-refractivity contribution is -0.921. The number of benzene rings is 2. The highest BCUT2D eigenvalue weighted by Crippen LogP contribution is 2.17. The molecule has 1 unspecified atom stereocenters. The van der Waals surface area contributed by atoms with Gasteiger partial charge in [-0.25, -0.2) is 0 Å². The van der Waals surface area contributed by atoms with Gasteiger partial charge < -0.3 is 25.2 Å². The third-order valence-corrected chi connectivity index (χ3v) is 5.70. The maximum Gasteiger partial charge on any atom is 0.279 e. The van der Waals surface area contributed by atoms with E-state index in [1.165, 1.54) is 10.5 Å². The van der Waals surface area contributed by atoms with Crippen molar-refractivity contribution in [3.63, 3.8) is 0 Å². The van der Waals surface area contributed by atoms with E-state index >= 15 is 0 Å². The van der Waals surface area contributed by atoms with Crippen LogP contribution in [0, 0.1) is 13.8 Å². The van der Waals surface area contributed by atoms with Gasteiger partial charge in [-0.15, -0.1) is 0 Å². The number of carbonyl (C=O) groups is 2. The summed E-state index contributed by atoms with van der Waals surface area (Å²) < 4.78 is 5.40. The Morgan fingerprint density at radius 1 is 0.968 bits per heavy atom. The van der Waals surface area contributed by atoms with Gasteiger partial charge in [0.05, 0.1) is 20.3 Å². The largest absolute Gasteiger partial charge is 0.370 e. The van der Waals surface area contributed by atoms with Crippen molar-refractivity contribution in [2.45, 2.75) is 20.4 Å². The van der Waals surface area contributed by atoms with E-state index in [2.05, 4.69) is 22.8 Å². The predicted molar refractivity (Wildman–Crippen MR) is 121 cm³/mol. The fourth-order valence-corrected chi connectivity index (χ4v) is 3.73. The highest BCUT2D eigenvalue weighted by atomic mass is 16.5. The molecule has 7 nitrogen and oxygen atoms in total. The van der Waals surface area contributed by atoms with Crippen LogP contribution in [0.5, 0.6) is 0 Å². The summed E-state index contributed by atoms with van der Waals surface area (Å²) in [6.07, 6.45) is 0. The Morgan fingerprint density at radius 3 is 2.29 bits per heavy atom. The molecule has 1 aliphatic heterocycles. The molecule has 166 valence electrons. The number of nitrogens with one attached hydrogen (secondary N) is 4. The molecule has 0 saturated carbocycles. The second-order valence-electron chi connectivity index (χ2n) is 8.39. The molecule has 31 heavy (non-hydrogen) atoms. The van der Waals surface area contributed by atoms with Crippen LogP contribution in [0.2, 0.25) is 0 Å². The molecule has 1 heterocycles. The predicted octanol–water partition coefficient (Wildman–Crippen LogP) is -0.190. The van der Waals surface area contributed by atoms with Crippen molar-refractivity contribution in [3.05, 3.63) is 59.2 Å². The first kappa shape index (κ1) is 22.9. The van der Waals surface area contributed by atoms with Gasteiger partial charge in [-0.3, -0.25) is 9.59 Å². The first-order valence-corrected chi connectivity index (χ1v) is 10.9. The smallest absolute Gasteiger partial charge is 0.279 e. The van der Waals surface area contributed by atoms with Crippen LogP contribution in [0.1, 0.15) is 16.7 Å². The number of ether oxygens (including phenoxy) is 1. The van der Waals surface area contributed by atoms with Gasteiger partial charge in [0.2, 0.25) is 0 Å². The van der Waals surface area contributed by atoms with Crippen LogP contribution in [-0.4, -0.2) is 58.3 Å². The van der Waals surface area contributed by atoms with E-state index in [1.54, 1.807) is 0 Å². The Bertz CT molecular complexity index is 892. The monoisotopic (exact) mass is 426 g/mol. The number of anilines is 2. The lowest BCUT2D eigenvalue weighted by atomic mass is 10.1. The minimum Gasteiger partial charge on any atom is -0.370 e. The molecule has 0 spiro atoms. The number of aryl methyl sites for hydroxylation is 1. The number of amides is 2. The molecule has 1 aliphatic rings. The second kappa shape index (κ2) is 11.0. The zero-order chi connectivity index (χ0) is 22.2. The van der Waals surface area contributed by atoms with Crippen molar-refractivity contribution >= 4 is 23.2 Å². The first-order chi connectivity index (χ1) is 14.9. The summed E-state index contributed by atoms with van der Waals surface area (Å²) >= 11 is 0. The van der Waals surface area contributed by atoms with E-state index in [-0.39, 0.29) is 24.9 Å². The summed E-state index contributed by atoms with van der Waals surface area (Å²) in [4.78, 5) is 27.1. The number of rotatable bonds is 8. The summed E-state index contributed by atoms with van der Waals surface area (Å²) in [5.41, 5.74) is 5.04. The number of carbonyl (C=O) groups excluding carboxylic acids is 2. The zero-order valence-corrected chi connectivity index (χ0v) is 18.7. The average molecular weight is 427 g/mol. The molecule has 7 heteroatoms. The van der Waals surface area contributed by atoms with E-state index in [1.807, 2.05) is 51.2 Å². The van der Waals surface area contributed by atoms with Crippen LogP contribution < -0.4 is 20.4 Å². The molecule has 1 fully saturated rings. The molecule has 0 bridgehead atoms. The molecule has 0 aliphatic carbocycles. The molecule has 1 atom stereocenters. The van der Waals surface area contributed by atoms with Crippen LogP contribution in [0.15, 0.2) is 42.5 Å². The summed E-state index contributed by atoms with van der Waals surface area (Å²) in [5.74, 6) is -0.211. The molecule has 3 rings (SSSR count). The second-order valence-corrected chi connectivity index (χ2v) is 8.39. The molecular weight excluding hydrogens is 392 g/mol. The Morgan fingerprint density at radius 2 is 1.61 bits per heavy atom. The Balaban J connectivity index is 1.43. The van der Waals surface area contributed by atoms with Crippen molar-refractivity contribution in [3.8, 4) is 0 Å². The van der Waals surface area contributed by atoms with Gasteiger partial charge >= 0.3 is 0 Å². The zero-order valence-electron chi connectivity index (χ0n) is 18.7. The van der Waals surface area contributed by atoms with E-state index in [4.69, 9.17) is 4.74 Å². The van der Waals surface area contributed by atoms with E-state index in [9.17, 15) is 9.59 Å². The minimum atomic E-state index is -0.108. The van der Waals surface area contributed by atoms with Crippen LogP contribution >= 0.6 is 0 Å². The SMILES string of the molecule is Cc1cccc(NC(=O)C[NH+](C)CC(=O)Nc2ccc(C[NH+]3CCOCC3)cc2)c1C. The summed E-state index contributed by atoms with van der Waals surface area (Å²) in [6.45, 7) is 9.13. The normalized spacial score (nSPS) is 15.3. The van der Waals surface area contributed by atoms with E-state index in [0.29, 0.717) is 0 Å². The number of hydrogen-bond donors (Lipinski definition) is 4. The van der Waals surface area contributed by atoms with Gasteiger partial charge in [-0.05, 0) is 43.2 Å². The maximum absolute atomic E-state index is 12.4. The quantitative estimate of drug-likeness (QED) is 0.473. The van der Waals surface area contributed by atoms with Crippen molar-refractivity contribution < 1.29 is 24.1 Å².